The highest BCUT2D eigenvalue weighted by molar-refractivity contribution is 5.31. The van der Waals surface area contributed by atoms with Gasteiger partial charge in [-0.2, -0.15) is 0 Å². The molecular formula is C18H24. The fourth-order valence-corrected chi connectivity index (χ4v) is 1.68. The van der Waals surface area contributed by atoms with Crippen LogP contribution in [-0.4, -0.2) is 0 Å². The standard InChI is InChI=1S/C14H14.C4H10/c1-12(13-8-4-2-5-9-13)14-10-6-3-7-11-14;1-4(2)3/h2-12H,1H3;4H,1-3H3. The molecule has 0 N–H and O–H groups in total. The lowest BCUT2D eigenvalue weighted by atomic mass is 9.93. The van der Waals surface area contributed by atoms with Crippen LogP contribution in [0.2, 0.25) is 0 Å². The summed E-state index contributed by atoms with van der Waals surface area (Å²) in [5, 5.41) is 0. The molecule has 0 heteroatoms. The molecule has 2 aromatic carbocycles. The summed E-state index contributed by atoms with van der Waals surface area (Å²) in [5.74, 6) is 1.32. The zero-order valence-corrected chi connectivity index (χ0v) is 11.9. The minimum atomic E-state index is 0.484. The summed E-state index contributed by atoms with van der Waals surface area (Å²) in [5.41, 5.74) is 2.75. The van der Waals surface area contributed by atoms with Gasteiger partial charge < -0.3 is 0 Å². The Morgan fingerprint density at radius 1 is 0.556 bits per heavy atom. The van der Waals surface area contributed by atoms with Crippen molar-refractivity contribution in [3.8, 4) is 0 Å². The van der Waals surface area contributed by atoms with Gasteiger partial charge in [-0.3, -0.25) is 0 Å². The minimum Gasteiger partial charge on any atom is -0.0630 e. The van der Waals surface area contributed by atoms with E-state index in [1.807, 2.05) is 0 Å². The van der Waals surface area contributed by atoms with E-state index in [0.717, 1.165) is 5.92 Å². The fraction of sp³-hybridized carbons (Fsp3) is 0.333. The first-order chi connectivity index (χ1) is 8.61. The molecule has 0 nitrogen and oxygen atoms in total. The zero-order chi connectivity index (χ0) is 13.4. The molecule has 0 aliphatic heterocycles. The van der Waals surface area contributed by atoms with Crippen LogP contribution in [-0.2, 0) is 0 Å². The Morgan fingerprint density at radius 3 is 1.11 bits per heavy atom. The Bertz CT molecular complexity index is 372. The second-order valence-electron chi connectivity index (χ2n) is 5.28. The van der Waals surface area contributed by atoms with Gasteiger partial charge in [0.05, 0.1) is 0 Å². The summed E-state index contributed by atoms with van der Waals surface area (Å²) in [6, 6.07) is 21.2. The molecule has 0 atom stereocenters. The predicted molar refractivity (Wildman–Crippen MR) is 80.9 cm³/mol. The van der Waals surface area contributed by atoms with Crippen LogP contribution in [0.5, 0.6) is 0 Å². The number of hydrogen-bond donors (Lipinski definition) is 0. The maximum atomic E-state index is 2.24. The van der Waals surface area contributed by atoms with Crippen LogP contribution in [0.4, 0.5) is 0 Å². The first-order valence-electron chi connectivity index (χ1n) is 6.71. The van der Waals surface area contributed by atoms with Crippen molar-refractivity contribution in [1.29, 1.82) is 0 Å². The highest BCUT2D eigenvalue weighted by Gasteiger charge is 2.05. The quantitative estimate of drug-likeness (QED) is 0.650. The van der Waals surface area contributed by atoms with Crippen molar-refractivity contribution < 1.29 is 0 Å². The lowest BCUT2D eigenvalue weighted by molar-refractivity contribution is 0.737. The molecule has 0 saturated carbocycles. The van der Waals surface area contributed by atoms with Gasteiger partial charge in [-0.05, 0) is 17.0 Å². The van der Waals surface area contributed by atoms with Crippen molar-refractivity contribution >= 4 is 0 Å². The van der Waals surface area contributed by atoms with Crippen LogP contribution in [0.3, 0.4) is 0 Å². The summed E-state index contributed by atoms with van der Waals surface area (Å²) in [4.78, 5) is 0. The largest absolute Gasteiger partial charge is 0.0630 e. The molecule has 0 heterocycles. The van der Waals surface area contributed by atoms with Gasteiger partial charge in [-0.1, -0.05) is 88.4 Å². The van der Waals surface area contributed by atoms with E-state index in [4.69, 9.17) is 0 Å². The third-order valence-electron chi connectivity index (χ3n) is 2.60. The fourth-order valence-electron chi connectivity index (χ4n) is 1.68. The molecule has 0 bridgehead atoms. The Kier molecular flexibility index (Phi) is 6.21. The summed E-state index contributed by atoms with van der Waals surface area (Å²) < 4.78 is 0. The van der Waals surface area contributed by atoms with Crippen molar-refractivity contribution in [2.24, 2.45) is 5.92 Å². The van der Waals surface area contributed by atoms with Crippen LogP contribution in [0, 0.1) is 5.92 Å². The summed E-state index contributed by atoms with van der Waals surface area (Å²) in [6.07, 6.45) is 0. The molecule has 0 radical (unpaired) electrons. The van der Waals surface area contributed by atoms with E-state index < -0.39 is 0 Å². The first-order valence-corrected chi connectivity index (χ1v) is 6.71. The monoisotopic (exact) mass is 240 g/mol. The van der Waals surface area contributed by atoms with Crippen molar-refractivity contribution in [2.45, 2.75) is 33.6 Å². The van der Waals surface area contributed by atoms with Crippen LogP contribution in [0.25, 0.3) is 0 Å². The lowest BCUT2D eigenvalue weighted by Crippen LogP contribution is -1.94. The van der Waals surface area contributed by atoms with Crippen LogP contribution in [0.15, 0.2) is 60.7 Å². The Labute approximate surface area is 112 Å². The van der Waals surface area contributed by atoms with E-state index in [-0.39, 0.29) is 0 Å². The maximum absolute atomic E-state index is 2.24. The minimum absolute atomic E-state index is 0.484. The summed E-state index contributed by atoms with van der Waals surface area (Å²) >= 11 is 0. The van der Waals surface area contributed by atoms with Crippen LogP contribution in [0.1, 0.15) is 44.7 Å². The van der Waals surface area contributed by atoms with E-state index in [1.165, 1.54) is 11.1 Å². The molecule has 0 spiro atoms. The van der Waals surface area contributed by atoms with Gasteiger partial charge in [-0.15, -0.1) is 0 Å². The highest BCUT2D eigenvalue weighted by Crippen LogP contribution is 2.22. The lowest BCUT2D eigenvalue weighted by Gasteiger charge is -2.11. The molecule has 0 amide bonds. The van der Waals surface area contributed by atoms with Gasteiger partial charge in [0.15, 0.2) is 0 Å². The smallest absolute Gasteiger partial charge is 0.00610 e. The van der Waals surface area contributed by atoms with Crippen LogP contribution >= 0.6 is 0 Å². The summed E-state index contributed by atoms with van der Waals surface area (Å²) in [6.45, 7) is 8.74. The Hall–Kier alpha value is -1.56. The van der Waals surface area contributed by atoms with Gasteiger partial charge >= 0.3 is 0 Å². The molecule has 2 rings (SSSR count). The average molecular weight is 240 g/mol. The third-order valence-corrected chi connectivity index (χ3v) is 2.60. The molecule has 18 heavy (non-hydrogen) atoms. The molecule has 2 aromatic rings. The van der Waals surface area contributed by atoms with E-state index in [9.17, 15) is 0 Å². The SMILES string of the molecule is CC(C)C.CC(c1ccccc1)c1ccccc1. The van der Waals surface area contributed by atoms with E-state index >= 15 is 0 Å². The second-order valence-corrected chi connectivity index (χ2v) is 5.28. The van der Waals surface area contributed by atoms with E-state index in [0.29, 0.717) is 5.92 Å². The molecule has 96 valence electrons. The zero-order valence-electron chi connectivity index (χ0n) is 11.9. The third kappa shape index (κ3) is 5.18. The molecule has 0 saturated heterocycles. The predicted octanol–water partition coefficient (Wildman–Crippen LogP) is 5.50. The molecule has 0 aromatic heterocycles. The second kappa shape index (κ2) is 7.71. The maximum Gasteiger partial charge on any atom is 0.00610 e. The number of rotatable bonds is 2. The normalized spacial score (nSPS) is 10.1. The Morgan fingerprint density at radius 2 is 0.833 bits per heavy atom. The number of hydrogen-bond acceptors (Lipinski definition) is 0. The first kappa shape index (κ1) is 14.5. The molecule has 0 aliphatic carbocycles. The highest BCUT2D eigenvalue weighted by atomic mass is 14.1. The van der Waals surface area contributed by atoms with Crippen molar-refractivity contribution in [2.75, 3.05) is 0 Å². The van der Waals surface area contributed by atoms with E-state index in [2.05, 4.69) is 88.4 Å². The Balaban J connectivity index is 0.000000357. The van der Waals surface area contributed by atoms with Gasteiger partial charge in [0.1, 0.15) is 0 Å². The molecular weight excluding hydrogens is 216 g/mol. The number of benzene rings is 2. The summed E-state index contributed by atoms with van der Waals surface area (Å²) in [7, 11) is 0. The van der Waals surface area contributed by atoms with Crippen molar-refractivity contribution in [3.63, 3.8) is 0 Å². The van der Waals surface area contributed by atoms with Crippen LogP contribution < -0.4 is 0 Å². The van der Waals surface area contributed by atoms with Gasteiger partial charge in [0, 0.05) is 5.92 Å². The van der Waals surface area contributed by atoms with Gasteiger partial charge in [0.25, 0.3) is 0 Å². The molecule has 0 fully saturated rings. The van der Waals surface area contributed by atoms with Crippen molar-refractivity contribution in [1.82, 2.24) is 0 Å². The molecule has 0 aliphatic rings. The average Bonchev–Trinajstić information content (AvgIpc) is 2.39. The van der Waals surface area contributed by atoms with Gasteiger partial charge in [-0.25, -0.2) is 0 Å². The van der Waals surface area contributed by atoms with Gasteiger partial charge in [0.2, 0.25) is 0 Å². The topological polar surface area (TPSA) is 0 Å². The van der Waals surface area contributed by atoms with E-state index in [1.54, 1.807) is 0 Å². The molecule has 0 unspecified atom stereocenters. The van der Waals surface area contributed by atoms with Crippen molar-refractivity contribution in [3.05, 3.63) is 71.8 Å².